The lowest BCUT2D eigenvalue weighted by atomic mass is 10.0. The summed E-state index contributed by atoms with van der Waals surface area (Å²) in [6, 6.07) is 1.18. The molecular weight excluding hydrogens is 188 g/mol. The smallest absolute Gasteiger partial charge is 0.0689 e. The molecule has 0 aliphatic carbocycles. The number of rotatable bonds is 3. The molecule has 3 nitrogen and oxygen atoms in total. The van der Waals surface area contributed by atoms with Gasteiger partial charge in [-0.05, 0) is 26.8 Å². The first kappa shape index (κ1) is 12.9. The van der Waals surface area contributed by atoms with Crippen molar-refractivity contribution < 1.29 is 5.11 Å². The number of piperazine rings is 1. The fourth-order valence-corrected chi connectivity index (χ4v) is 2.14. The van der Waals surface area contributed by atoms with Crippen molar-refractivity contribution in [1.82, 2.24) is 9.80 Å². The summed E-state index contributed by atoms with van der Waals surface area (Å²) < 4.78 is 0. The lowest BCUT2D eigenvalue weighted by Gasteiger charge is -2.43. The van der Waals surface area contributed by atoms with Crippen molar-refractivity contribution >= 4 is 0 Å². The van der Waals surface area contributed by atoms with E-state index in [9.17, 15) is 5.11 Å². The molecule has 1 aliphatic heterocycles. The first-order valence-corrected chi connectivity index (χ1v) is 6.04. The van der Waals surface area contributed by atoms with E-state index in [0.29, 0.717) is 18.0 Å². The zero-order valence-corrected chi connectivity index (χ0v) is 10.8. The van der Waals surface area contributed by atoms with Crippen molar-refractivity contribution in [1.29, 1.82) is 0 Å². The Hall–Kier alpha value is -0.120. The van der Waals surface area contributed by atoms with Gasteiger partial charge in [0.2, 0.25) is 0 Å². The van der Waals surface area contributed by atoms with Crippen LogP contribution in [0.2, 0.25) is 0 Å². The fraction of sp³-hybridized carbons (Fsp3) is 1.00. The van der Waals surface area contributed by atoms with Gasteiger partial charge < -0.3 is 5.11 Å². The van der Waals surface area contributed by atoms with Gasteiger partial charge in [0.1, 0.15) is 0 Å². The molecule has 3 heteroatoms. The minimum Gasteiger partial charge on any atom is -0.392 e. The fourth-order valence-electron chi connectivity index (χ4n) is 2.14. The van der Waals surface area contributed by atoms with Crippen molar-refractivity contribution in [3.05, 3.63) is 0 Å². The van der Waals surface area contributed by atoms with E-state index in [1.54, 1.807) is 0 Å². The maximum absolute atomic E-state index is 9.86. The highest BCUT2D eigenvalue weighted by molar-refractivity contribution is 4.83. The van der Waals surface area contributed by atoms with Gasteiger partial charge in [0, 0.05) is 31.7 Å². The molecule has 1 saturated heterocycles. The van der Waals surface area contributed by atoms with Crippen molar-refractivity contribution in [2.75, 3.05) is 26.7 Å². The van der Waals surface area contributed by atoms with Gasteiger partial charge in [0.25, 0.3) is 0 Å². The highest BCUT2D eigenvalue weighted by Gasteiger charge is 2.27. The molecule has 1 N–H and O–H groups in total. The summed E-state index contributed by atoms with van der Waals surface area (Å²) in [7, 11) is 2.19. The van der Waals surface area contributed by atoms with E-state index in [-0.39, 0.29) is 6.10 Å². The van der Waals surface area contributed by atoms with E-state index >= 15 is 0 Å². The van der Waals surface area contributed by atoms with Crippen LogP contribution in [-0.2, 0) is 0 Å². The second-order valence-corrected chi connectivity index (χ2v) is 5.39. The topological polar surface area (TPSA) is 26.7 Å². The van der Waals surface area contributed by atoms with Gasteiger partial charge in [-0.25, -0.2) is 0 Å². The monoisotopic (exact) mass is 214 g/mol. The molecule has 0 aromatic heterocycles. The van der Waals surface area contributed by atoms with Gasteiger partial charge in [0.15, 0.2) is 0 Å². The maximum atomic E-state index is 9.86. The molecule has 1 fully saturated rings. The van der Waals surface area contributed by atoms with Gasteiger partial charge in [-0.3, -0.25) is 9.80 Å². The number of likely N-dealkylation sites (N-methyl/N-ethyl adjacent to an activating group) is 1. The number of aliphatic hydroxyl groups excluding tert-OH is 1. The Balaban J connectivity index is 2.44. The Morgan fingerprint density at radius 2 is 1.67 bits per heavy atom. The minimum absolute atomic E-state index is 0.187. The van der Waals surface area contributed by atoms with Crippen LogP contribution in [0.25, 0.3) is 0 Å². The van der Waals surface area contributed by atoms with E-state index in [4.69, 9.17) is 0 Å². The predicted octanol–water partition coefficient (Wildman–Crippen LogP) is 1.03. The molecule has 0 bridgehead atoms. The summed E-state index contributed by atoms with van der Waals surface area (Å²) in [6.07, 6.45) is -0.187. The van der Waals surface area contributed by atoms with E-state index in [1.165, 1.54) is 0 Å². The lowest BCUT2D eigenvalue weighted by Crippen LogP contribution is -2.56. The standard InChI is InChI=1S/C12H26N2O/c1-9(2)12(15)8-14-6-10(3)13(5)11(4)7-14/h9-12,15H,6-8H2,1-5H3. The quantitative estimate of drug-likeness (QED) is 0.760. The third kappa shape index (κ3) is 3.44. The molecule has 90 valence electrons. The average molecular weight is 214 g/mol. The second kappa shape index (κ2) is 5.28. The van der Waals surface area contributed by atoms with Gasteiger partial charge in [-0.2, -0.15) is 0 Å². The van der Waals surface area contributed by atoms with Gasteiger partial charge in [0.05, 0.1) is 6.10 Å². The van der Waals surface area contributed by atoms with Gasteiger partial charge in [-0.1, -0.05) is 13.8 Å². The number of β-amino-alcohol motifs (C(OH)–C–C–N with tert-alkyl or cyclic N) is 1. The van der Waals surface area contributed by atoms with Crippen molar-refractivity contribution in [3.8, 4) is 0 Å². The maximum Gasteiger partial charge on any atom is 0.0689 e. The first-order chi connectivity index (χ1) is 6.91. The summed E-state index contributed by atoms with van der Waals surface area (Å²) in [5.41, 5.74) is 0. The molecule has 1 aliphatic rings. The molecular formula is C12H26N2O. The molecule has 0 saturated carbocycles. The molecule has 15 heavy (non-hydrogen) atoms. The van der Waals surface area contributed by atoms with E-state index < -0.39 is 0 Å². The van der Waals surface area contributed by atoms with Crippen LogP contribution in [0, 0.1) is 5.92 Å². The second-order valence-electron chi connectivity index (χ2n) is 5.39. The number of hydrogen-bond acceptors (Lipinski definition) is 3. The molecule has 0 radical (unpaired) electrons. The largest absolute Gasteiger partial charge is 0.392 e. The Morgan fingerprint density at radius 3 is 2.07 bits per heavy atom. The van der Waals surface area contributed by atoms with Gasteiger partial charge >= 0.3 is 0 Å². The summed E-state index contributed by atoms with van der Waals surface area (Å²) in [4.78, 5) is 4.80. The zero-order chi connectivity index (χ0) is 11.6. The van der Waals surface area contributed by atoms with Gasteiger partial charge in [-0.15, -0.1) is 0 Å². The molecule has 0 aromatic carbocycles. The van der Waals surface area contributed by atoms with Crippen LogP contribution >= 0.6 is 0 Å². The van der Waals surface area contributed by atoms with Crippen LogP contribution in [0.3, 0.4) is 0 Å². The van der Waals surface area contributed by atoms with Crippen LogP contribution in [0.15, 0.2) is 0 Å². The zero-order valence-electron chi connectivity index (χ0n) is 10.8. The normalized spacial score (nSPS) is 32.2. The van der Waals surface area contributed by atoms with Crippen molar-refractivity contribution in [3.63, 3.8) is 0 Å². The van der Waals surface area contributed by atoms with Crippen molar-refractivity contribution in [2.45, 2.75) is 45.9 Å². The third-order valence-electron chi connectivity index (χ3n) is 3.65. The molecule has 0 spiro atoms. The molecule has 3 unspecified atom stereocenters. The van der Waals surface area contributed by atoms with Crippen LogP contribution in [0.5, 0.6) is 0 Å². The SMILES string of the molecule is CC(C)C(O)CN1CC(C)N(C)C(C)C1. The van der Waals surface area contributed by atoms with Crippen LogP contribution in [0.1, 0.15) is 27.7 Å². The Morgan fingerprint density at radius 1 is 1.20 bits per heavy atom. The molecule has 3 atom stereocenters. The number of hydrogen-bond donors (Lipinski definition) is 1. The van der Waals surface area contributed by atoms with Crippen LogP contribution < -0.4 is 0 Å². The van der Waals surface area contributed by atoms with Crippen LogP contribution in [0.4, 0.5) is 0 Å². The summed E-state index contributed by atoms with van der Waals surface area (Å²) in [6.45, 7) is 11.6. The lowest BCUT2D eigenvalue weighted by molar-refractivity contribution is 0.0157. The average Bonchev–Trinajstić information content (AvgIpc) is 2.13. The number of nitrogens with zero attached hydrogens (tertiary/aromatic N) is 2. The predicted molar refractivity (Wildman–Crippen MR) is 64.0 cm³/mol. The summed E-state index contributed by atoms with van der Waals surface area (Å²) in [5, 5.41) is 9.86. The van der Waals surface area contributed by atoms with E-state index in [0.717, 1.165) is 19.6 Å². The highest BCUT2D eigenvalue weighted by atomic mass is 16.3. The Bertz CT molecular complexity index is 184. The number of aliphatic hydroxyl groups is 1. The Kier molecular flexibility index (Phi) is 4.56. The summed E-state index contributed by atoms with van der Waals surface area (Å²) in [5.74, 6) is 0.357. The first-order valence-electron chi connectivity index (χ1n) is 6.04. The highest BCUT2D eigenvalue weighted by Crippen LogP contribution is 2.14. The van der Waals surface area contributed by atoms with E-state index in [2.05, 4.69) is 44.5 Å². The van der Waals surface area contributed by atoms with Crippen molar-refractivity contribution in [2.24, 2.45) is 5.92 Å². The summed E-state index contributed by atoms with van der Waals surface area (Å²) >= 11 is 0. The molecule has 1 rings (SSSR count). The van der Waals surface area contributed by atoms with Crippen LogP contribution in [-0.4, -0.2) is 59.8 Å². The molecule has 0 aromatic rings. The molecule has 1 heterocycles. The third-order valence-corrected chi connectivity index (χ3v) is 3.65. The van der Waals surface area contributed by atoms with E-state index in [1.807, 2.05) is 0 Å². The molecule has 0 amide bonds. The minimum atomic E-state index is -0.187. The Labute approximate surface area is 94.1 Å².